The molecule has 2 rings (SSSR count). The summed E-state index contributed by atoms with van der Waals surface area (Å²) in [5.41, 5.74) is 7.30. The van der Waals surface area contributed by atoms with Gasteiger partial charge in [-0.1, -0.05) is 13.3 Å². The number of benzene rings is 1. The van der Waals surface area contributed by atoms with Gasteiger partial charge in [-0.25, -0.2) is 0 Å². The summed E-state index contributed by atoms with van der Waals surface area (Å²) in [6, 6.07) is 5.74. The van der Waals surface area contributed by atoms with Crippen molar-refractivity contribution in [3.05, 3.63) is 24.4 Å². The number of hydrogen-bond acceptors (Lipinski definition) is 3. The van der Waals surface area contributed by atoms with E-state index in [2.05, 4.69) is 22.4 Å². The zero-order valence-electron chi connectivity index (χ0n) is 11.9. The Morgan fingerprint density at radius 2 is 2.30 bits per heavy atom. The van der Waals surface area contributed by atoms with E-state index in [1.54, 1.807) is 6.20 Å². The van der Waals surface area contributed by atoms with E-state index in [0.29, 0.717) is 18.9 Å². The molecule has 20 heavy (non-hydrogen) atoms. The summed E-state index contributed by atoms with van der Waals surface area (Å²) in [5.74, 6) is 0.597. The van der Waals surface area contributed by atoms with Crippen LogP contribution in [0.1, 0.15) is 32.6 Å². The molecule has 0 aliphatic carbocycles. The summed E-state index contributed by atoms with van der Waals surface area (Å²) in [5, 5.41) is 10.8. The van der Waals surface area contributed by atoms with Crippen LogP contribution in [0.2, 0.25) is 0 Å². The average molecular weight is 274 g/mol. The van der Waals surface area contributed by atoms with E-state index in [0.717, 1.165) is 35.9 Å². The second-order valence-electron chi connectivity index (χ2n) is 5.11. The minimum absolute atomic E-state index is 0.0549. The van der Waals surface area contributed by atoms with Crippen molar-refractivity contribution in [2.75, 3.05) is 11.9 Å². The second-order valence-corrected chi connectivity index (χ2v) is 5.11. The molecule has 4 N–H and O–H groups in total. The normalized spacial score (nSPS) is 12.5. The maximum Gasteiger partial charge on any atom is 0.224 e. The molecular formula is C15H22N4O. The Labute approximate surface area is 118 Å². The SMILES string of the molecule is CCC(CCN)CCC(=O)Nc1ccc2cn[nH]c2c1. The molecule has 0 aliphatic rings. The van der Waals surface area contributed by atoms with Crippen molar-refractivity contribution in [1.29, 1.82) is 0 Å². The Kier molecular flexibility index (Phi) is 5.12. The first-order valence-electron chi connectivity index (χ1n) is 7.16. The van der Waals surface area contributed by atoms with E-state index in [1.165, 1.54) is 0 Å². The molecule has 108 valence electrons. The maximum absolute atomic E-state index is 11.9. The smallest absolute Gasteiger partial charge is 0.224 e. The predicted octanol–water partition coefficient (Wildman–Crippen LogP) is 2.66. The monoisotopic (exact) mass is 274 g/mol. The summed E-state index contributed by atoms with van der Waals surface area (Å²) in [6.07, 6.45) is 5.26. The van der Waals surface area contributed by atoms with Crippen LogP contribution in [0, 0.1) is 5.92 Å². The van der Waals surface area contributed by atoms with E-state index in [-0.39, 0.29) is 5.91 Å². The van der Waals surface area contributed by atoms with Crippen molar-refractivity contribution in [3.8, 4) is 0 Å². The quantitative estimate of drug-likeness (QED) is 0.725. The molecule has 0 radical (unpaired) electrons. The molecule has 1 heterocycles. The number of nitrogens with zero attached hydrogens (tertiary/aromatic N) is 1. The van der Waals surface area contributed by atoms with Gasteiger partial charge >= 0.3 is 0 Å². The maximum atomic E-state index is 11.9. The van der Waals surface area contributed by atoms with Crippen molar-refractivity contribution >= 4 is 22.5 Å². The lowest BCUT2D eigenvalue weighted by molar-refractivity contribution is -0.116. The average Bonchev–Trinajstić information content (AvgIpc) is 2.91. The van der Waals surface area contributed by atoms with Gasteiger partial charge in [0.1, 0.15) is 0 Å². The molecule has 5 heteroatoms. The molecule has 1 amide bonds. The highest BCUT2D eigenvalue weighted by atomic mass is 16.1. The molecule has 2 aromatic rings. The number of rotatable bonds is 7. The highest BCUT2D eigenvalue weighted by molar-refractivity contribution is 5.93. The Balaban J connectivity index is 1.87. The number of nitrogens with one attached hydrogen (secondary N) is 2. The number of nitrogens with two attached hydrogens (primary N) is 1. The van der Waals surface area contributed by atoms with Crippen LogP contribution >= 0.6 is 0 Å². The summed E-state index contributed by atoms with van der Waals surface area (Å²) < 4.78 is 0. The first-order chi connectivity index (χ1) is 9.72. The van der Waals surface area contributed by atoms with E-state index >= 15 is 0 Å². The van der Waals surface area contributed by atoms with Crippen molar-refractivity contribution in [3.63, 3.8) is 0 Å². The number of carbonyl (C=O) groups is 1. The number of fused-ring (bicyclic) bond motifs is 1. The lowest BCUT2D eigenvalue weighted by Gasteiger charge is -2.13. The van der Waals surface area contributed by atoms with Gasteiger partial charge in [-0.3, -0.25) is 9.89 Å². The third-order valence-electron chi connectivity index (χ3n) is 3.66. The Morgan fingerprint density at radius 3 is 3.05 bits per heavy atom. The fourth-order valence-corrected chi connectivity index (χ4v) is 2.36. The van der Waals surface area contributed by atoms with Crippen LogP contribution in [0.5, 0.6) is 0 Å². The van der Waals surface area contributed by atoms with Crippen LogP contribution in [0.15, 0.2) is 24.4 Å². The van der Waals surface area contributed by atoms with Crippen LogP contribution in [0.3, 0.4) is 0 Å². The molecule has 1 aromatic carbocycles. The first kappa shape index (κ1) is 14.5. The van der Waals surface area contributed by atoms with Crippen molar-refractivity contribution < 1.29 is 4.79 Å². The Bertz CT molecular complexity index is 564. The standard InChI is InChI=1S/C15H22N4O/c1-2-11(7-8-16)3-6-15(20)18-13-5-4-12-10-17-19-14(12)9-13/h4-5,9-11H,2-3,6-8,16H2,1H3,(H,17,19)(H,18,20). The predicted molar refractivity (Wildman–Crippen MR) is 81.4 cm³/mol. The van der Waals surface area contributed by atoms with Gasteiger partial charge in [0.15, 0.2) is 0 Å². The van der Waals surface area contributed by atoms with Gasteiger partial charge in [0.25, 0.3) is 0 Å². The van der Waals surface area contributed by atoms with Gasteiger partial charge < -0.3 is 11.1 Å². The van der Waals surface area contributed by atoms with Crippen LogP contribution in [0.25, 0.3) is 10.9 Å². The fraction of sp³-hybridized carbons (Fsp3) is 0.467. The second kappa shape index (κ2) is 7.05. The van der Waals surface area contributed by atoms with Crippen molar-refractivity contribution in [2.24, 2.45) is 11.7 Å². The molecule has 1 unspecified atom stereocenters. The molecule has 1 atom stereocenters. The van der Waals surface area contributed by atoms with Gasteiger partial charge in [0, 0.05) is 17.5 Å². The molecule has 0 saturated carbocycles. The summed E-state index contributed by atoms with van der Waals surface area (Å²) >= 11 is 0. The lowest BCUT2D eigenvalue weighted by Crippen LogP contribution is -2.15. The molecule has 5 nitrogen and oxygen atoms in total. The van der Waals surface area contributed by atoms with Crippen molar-refractivity contribution in [2.45, 2.75) is 32.6 Å². The Hall–Kier alpha value is -1.88. The zero-order chi connectivity index (χ0) is 14.4. The molecular weight excluding hydrogens is 252 g/mol. The van der Waals surface area contributed by atoms with E-state index < -0.39 is 0 Å². The highest BCUT2D eigenvalue weighted by Crippen LogP contribution is 2.18. The zero-order valence-corrected chi connectivity index (χ0v) is 11.9. The fourth-order valence-electron chi connectivity index (χ4n) is 2.36. The molecule has 0 bridgehead atoms. The minimum Gasteiger partial charge on any atom is -0.330 e. The molecule has 0 saturated heterocycles. The number of aromatic amines is 1. The van der Waals surface area contributed by atoms with E-state index in [9.17, 15) is 4.79 Å². The molecule has 0 aliphatic heterocycles. The Morgan fingerprint density at radius 1 is 1.45 bits per heavy atom. The van der Waals surface area contributed by atoms with Crippen LogP contribution in [-0.2, 0) is 4.79 Å². The third kappa shape index (κ3) is 3.81. The van der Waals surface area contributed by atoms with Crippen LogP contribution in [-0.4, -0.2) is 22.6 Å². The van der Waals surface area contributed by atoms with Gasteiger partial charge in [-0.15, -0.1) is 0 Å². The minimum atomic E-state index is 0.0549. The van der Waals surface area contributed by atoms with E-state index in [4.69, 9.17) is 5.73 Å². The van der Waals surface area contributed by atoms with Crippen LogP contribution in [0.4, 0.5) is 5.69 Å². The van der Waals surface area contributed by atoms with Gasteiger partial charge in [0.05, 0.1) is 11.7 Å². The van der Waals surface area contributed by atoms with Gasteiger partial charge in [-0.2, -0.15) is 5.10 Å². The molecule has 1 aromatic heterocycles. The lowest BCUT2D eigenvalue weighted by atomic mass is 9.96. The summed E-state index contributed by atoms with van der Waals surface area (Å²) in [6.45, 7) is 2.83. The largest absolute Gasteiger partial charge is 0.330 e. The summed E-state index contributed by atoms with van der Waals surface area (Å²) in [4.78, 5) is 11.9. The summed E-state index contributed by atoms with van der Waals surface area (Å²) in [7, 11) is 0. The van der Waals surface area contributed by atoms with E-state index in [1.807, 2.05) is 18.2 Å². The first-order valence-corrected chi connectivity index (χ1v) is 7.16. The number of hydrogen-bond donors (Lipinski definition) is 3. The van der Waals surface area contributed by atoms with Crippen molar-refractivity contribution in [1.82, 2.24) is 10.2 Å². The third-order valence-corrected chi connectivity index (χ3v) is 3.66. The molecule has 0 spiro atoms. The topological polar surface area (TPSA) is 83.8 Å². The molecule has 0 fully saturated rings. The van der Waals surface area contributed by atoms with Gasteiger partial charge in [0.2, 0.25) is 5.91 Å². The number of aromatic nitrogens is 2. The number of carbonyl (C=O) groups excluding carboxylic acids is 1. The number of amides is 1. The number of anilines is 1. The highest BCUT2D eigenvalue weighted by Gasteiger charge is 2.09. The number of H-pyrrole nitrogens is 1. The van der Waals surface area contributed by atoms with Crippen LogP contribution < -0.4 is 11.1 Å². The van der Waals surface area contributed by atoms with Gasteiger partial charge in [-0.05, 0) is 43.5 Å².